The van der Waals surface area contributed by atoms with Crippen LogP contribution in [-0.4, -0.2) is 11.1 Å². The molecule has 0 aliphatic heterocycles. The van der Waals surface area contributed by atoms with Gasteiger partial charge < -0.3 is 5.11 Å². The lowest BCUT2D eigenvalue weighted by Crippen LogP contribution is -1.96. The Morgan fingerprint density at radius 2 is 2.45 bits per heavy atom. The van der Waals surface area contributed by atoms with Gasteiger partial charge in [0.05, 0.1) is 5.57 Å². The van der Waals surface area contributed by atoms with Crippen molar-refractivity contribution in [1.29, 1.82) is 0 Å². The Labute approximate surface area is 72.7 Å². The van der Waals surface area contributed by atoms with E-state index < -0.39 is 5.97 Å². The molecule has 0 unspecified atom stereocenters. The van der Waals surface area contributed by atoms with Gasteiger partial charge in [-0.3, -0.25) is 0 Å². The van der Waals surface area contributed by atoms with Crippen LogP contribution >= 0.6 is 22.9 Å². The summed E-state index contributed by atoms with van der Waals surface area (Å²) in [5.41, 5.74) is 1.22. The Kier molecular flexibility index (Phi) is 2.68. The lowest BCUT2D eigenvalue weighted by molar-refractivity contribution is -0.130. The molecule has 1 heterocycles. The van der Waals surface area contributed by atoms with E-state index in [0.717, 1.165) is 5.54 Å². The van der Waals surface area contributed by atoms with Crippen molar-refractivity contribution in [3.05, 3.63) is 27.9 Å². The molecule has 0 fully saturated rings. The van der Waals surface area contributed by atoms with Crippen molar-refractivity contribution < 1.29 is 9.90 Å². The topological polar surface area (TPSA) is 37.3 Å². The zero-order valence-electron chi connectivity index (χ0n) is 5.45. The van der Waals surface area contributed by atoms with Gasteiger partial charge in [0.2, 0.25) is 0 Å². The van der Waals surface area contributed by atoms with Crippen molar-refractivity contribution in [1.82, 2.24) is 0 Å². The van der Waals surface area contributed by atoms with Crippen LogP contribution in [-0.2, 0) is 4.79 Å². The number of hydrogen-bond donors (Lipinski definition) is 1. The van der Waals surface area contributed by atoms with Crippen molar-refractivity contribution in [3.8, 4) is 0 Å². The molecule has 0 radical (unpaired) electrons. The van der Waals surface area contributed by atoms with Gasteiger partial charge in [-0.25, -0.2) is 4.79 Å². The van der Waals surface area contributed by atoms with Crippen LogP contribution in [0.3, 0.4) is 0 Å². The number of carbonyl (C=O) groups is 1. The van der Waals surface area contributed by atoms with Crippen LogP contribution < -0.4 is 0 Å². The maximum Gasteiger partial charge on any atom is 0.338 e. The summed E-state index contributed by atoms with van der Waals surface area (Å²) < 4.78 is 0. The molecule has 1 aromatic heterocycles. The fraction of sp³-hybridized carbons (Fsp3) is 0. The molecule has 0 atom stereocenters. The Bertz CT molecular complexity index is 277. The van der Waals surface area contributed by atoms with Crippen molar-refractivity contribution in [3.63, 3.8) is 0 Å². The SMILES string of the molecule is O=C(O)C(=CCl)c1cccs1. The first kappa shape index (κ1) is 8.30. The highest BCUT2D eigenvalue weighted by Gasteiger charge is 2.09. The van der Waals surface area contributed by atoms with Crippen molar-refractivity contribution in [2.24, 2.45) is 0 Å². The van der Waals surface area contributed by atoms with Gasteiger partial charge in [-0.05, 0) is 11.4 Å². The fourth-order valence-corrected chi connectivity index (χ4v) is 1.65. The third-order valence-corrected chi connectivity index (χ3v) is 2.25. The molecule has 58 valence electrons. The van der Waals surface area contributed by atoms with Gasteiger partial charge in [-0.2, -0.15) is 0 Å². The van der Waals surface area contributed by atoms with Gasteiger partial charge in [0.1, 0.15) is 0 Å². The Balaban J connectivity index is 2.99. The van der Waals surface area contributed by atoms with Crippen LogP contribution in [0.2, 0.25) is 0 Å². The van der Waals surface area contributed by atoms with E-state index in [9.17, 15) is 4.79 Å². The molecule has 1 N–H and O–H groups in total. The van der Waals surface area contributed by atoms with Gasteiger partial charge in [0.15, 0.2) is 0 Å². The van der Waals surface area contributed by atoms with Gasteiger partial charge >= 0.3 is 5.97 Å². The quantitative estimate of drug-likeness (QED) is 0.724. The molecular weight excluding hydrogens is 184 g/mol. The maximum absolute atomic E-state index is 10.5. The van der Waals surface area contributed by atoms with E-state index in [1.54, 1.807) is 17.5 Å². The van der Waals surface area contributed by atoms with E-state index in [1.807, 2.05) is 0 Å². The molecule has 0 aliphatic rings. The van der Waals surface area contributed by atoms with Gasteiger partial charge in [-0.1, -0.05) is 17.7 Å². The predicted molar refractivity (Wildman–Crippen MR) is 45.8 cm³/mol. The number of halogens is 1. The Morgan fingerprint density at radius 1 is 1.73 bits per heavy atom. The second-order valence-electron chi connectivity index (χ2n) is 1.81. The lowest BCUT2D eigenvalue weighted by atomic mass is 10.2. The summed E-state index contributed by atoms with van der Waals surface area (Å²) in [5, 5.41) is 10.4. The van der Waals surface area contributed by atoms with E-state index in [4.69, 9.17) is 16.7 Å². The average molecular weight is 189 g/mol. The van der Waals surface area contributed by atoms with E-state index in [2.05, 4.69) is 0 Å². The highest BCUT2D eigenvalue weighted by molar-refractivity contribution is 7.11. The number of carboxylic acids is 1. The Morgan fingerprint density at radius 3 is 2.82 bits per heavy atom. The van der Waals surface area contributed by atoms with Crippen LogP contribution in [0.4, 0.5) is 0 Å². The lowest BCUT2D eigenvalue weighted by Gasteiger charge is -1.93. The minimum absolute atomic E-state index is 0.140. The fourth-order valence-electron chi connectivity index (χ4n) is 0.638. The van der Waals surface area contributed by atoms with Gasteiger partial charge in [0.25, 0.3) is 0 Å². The summed E-state index contributed by atoms with van der Waals surface area (Å²) >= 11 is 6.67. The monoisotopic (exact) mass is 188 g/mol. The highest BCUT2D eigenvalue weighted by atomic mass is 35.5. The number of carboxylic acid groups (broad SMARTS) is 1. The number of rotatable bonds is 2. The second kappa shape index (κ2) is 3.55. The van der Waals surface area contributed by atoms with Crippen molar-refractivity contribution in [2.75, 3.05) is 0 Å². The van der Waals surface area contributed by atoms with Gasteiger partial charge in [-0.15, -0.1) is 11.3 Å². The van der Waals surface area contributed by atoms with Crippen LogP contribution in [0, 0.1) is 0 Å². The molecule has 4 heteroatoms. The normalized spacial score (nSPS) is 11.5. The zero-order chi connectivity index (χ0) is 8.27. The third kappa shape index (κ3) is 1.82. The molecular formula is C7H5ClO2S. The van der Waals surface area contributed by atoms with E-state index in [1.165, 1.54) is 11.3 Å². The number of aliphatic carboxylic acids is 1. The molecule has 0 amide bonds. The Hall–Kier alpha value is -0.800. The summed E-state index contributed by atoms with van der Waals surface area (Å²) in [6.07, 6.45) is 0. The predicted octanol–water partition coefficient (Wildman–Crippen LogP) is 2.41. The van der Waals surface area contributed by atoms with E-state index in [-0.39, 0.29) is 5.57 Å². The van der Waals surface area contributed by atoms with Crippen LogP contribution in [0.25, 0.3) is 5.57 Å². The van der Waals surface area contributed by atoms with Crippen molar-refractivity contribution >= 4 is 34.5 Å². The molecule has 1 rings (SSSR count). The first-order valence-electron chi connectivity index (χ1n) is 2.83. The second-order valence-corrected chi connectivity index (χ2v) is 2.97. The molecule has 0 saturated carbocycles. The summed E-state index contributed by atoms with van der Waals surface area (Å²) in [6, 6.07) is 3.50. The van der Waals surface area contributed by atoms with E-state index >= 15 is 0 Å². The molecule has 0 spiro atoms. The molecule has 0 aromatic carbocycles. The summed E-state index contributed by atoms with van der Waals surface area (Å²) in [5.74, 6) is -0.998. The standard InChI is InChI=1S/C7H5ClO2S/c8-4-5(7(9)10)6-2-1-3-11-6/h1-4H,(H,9,10). The van der Waals surface area contributed by atoms with Crippen LogP contribution in [0.1, 0.15) is 4.88 Å². The largest absolute Gasteiger partial charge is 0.478 e. The molecule has 11 heavy (non-hydrogen) atoms. The van der Waals surface area contributed by atoms with Crippen LogP contribution in [0.5, 0.6) is 0 Å². The molecule has 0 aliphatic carbocycles. The summed E-state index contributed by atoms with van der Waals surface area (Å²) in [6.45, 7) is 0. The molecule has 0 saturated heterocycles. The minimum Gasteiger partial charge on any atom is -0.478 e. The smallest absolute Gasteiger partial charge is 0.338 e. The summed E-state index contributed by atoms with van der Waals surface area (Å²) in [4.78, 5) is 11.2. The number of hydrogen-bond acceptors (Lipinski definition) is 2. The molecule has 0 bridgehead atoms. The van der Waals surface area contributed by atoms with Gasteiger partial charge in [0, 0.05) is 10.4 Å². The zero-order valence-corrected chi connectivity index (χ0v) is 7.02. The van der Waals surface area contributed by atoms with E-state index in [0.29, 0.717) is 4.88 Å². The van der Waals surface area contributed by atoms with Crippen LogP contribution in [0.15, 0.2) is 23.0 Å². The van der Waals surface area contributed by atoms with Crippen molar-refractivity contribution in [2.45, 2.75) is 0 Å². The minimum atomic E-state index is -0.998. The maximum atomic E-state index is 10.5. The first-order chi connectivity index (χ1) is 5.25. The average Bonchev–Trinajstić information content (AvgIpc) is 2.40. The third-order valence-electron chi connectivity index (χ3n) is 1.13. The highest BCUT2D eigenvalue weighted by Crippen LogP contribution is 2.20. The molecule has 2 nitrogen and oxygen atoms in total. The first-order valence-corrected chi connectivity index (χ1v) is 4.15. The summed E-state index contributed by atoms with van der Waals surface area (Å²) in [7, 11) is 0. The molecule has 1 aromatic rings. The number of thiophene rings is 1.